The molecule has 3 fully saturated rings. The summed E-state index contributed by atoms with van der Waals surface area (Å²) in [6, 6.07) is 2.34. The summed E-state index contributed by atoms with van der Waals surface area (Å²) in [5.74, 6) is 1.07. The lowest BCUT2D eigenvalue weighted by Crippen LogP contribution is -2.39. The zero-order valence-corrected chi connectivity index (χ0v) is 10.4. The molecular formula is C12H16BrNO. The first-order chi connectivity index (χ1) is 7.23. The molecule has 0 radical (unpaired) electrons. The van der Waals surface area contributed by atoms with Crippen molar-refractivity contribution in [3.05, 3.63) is 0 Å². The summed E-state index contributed by atoms with van der Waals surface area (Å²) in [5.41, 5.74) is -0.203. The number of unbranched alkanes of at least 4 members (excludes halogenated alkanes) is 1. The number of hydrogen-bond acceptors (Lipinski definition) is 2. The number of carbonyl (C=O) groups is 1. The molecule has 0 aliphatic heterocycles. The van der Waals surface area contributed by atoms with Gasteiger partial charge in [0.1, 0.15) is 5.78 Å². The van der Waals surface area contributed by atoms with Gasteiger partial charge in [-0.05, 0) is 38.0 Å². The standard InChI is InChI=1S/C12H16BrNO/c13-4-2-1-3-11(15)12-6-9(7-12)5-10(12)8-14/h9-10H,1-7H2. The van der Waals surface area contributed by atoms with Crippen molar-refractivity contribution >= 4 is 21.7 Å². The summed E-state index contributed by atoms with van der Waals surface area (Å²) >= 11 is 3.37. The van der Waals surface area contributed by atoms with Gasteiger partial charge in [0, 0.05) is 17.2 Å². The van der Waals surface area contributed by atoms with E-state index >= 15 is 0 Å². The Morgan fingerprint density at radius 3 is 2.80 bits per heavy atom. The van der Waals surface area contributed by atoms with Crippen LogP contribution < -0.4 is 0 Å². The van der Waals surface area contributed by atoms with Crippen molar-refractivity contribution in [1.29, 1.82) is 5.26 Å². The summed E-state index contributed by atoms with van der Waals surface area (Å²) in [6.45, 7) is 0. The van der Waals surface area contributed by atoms with Gasteiger partial charge in [-0.15, -0.1) is 0 Å². The lowest BCUT2D eigenvalue weighted by molar-refractivity contribution is -0.134. The van der Waals surface area contributed by atoms with Crippen LogP contribution in [0, 0.1) is 28.6 Å². The Morgan fingerprint density at radius 1 is 1.47 bits per heavy atom. The topological polar surface area (TPSA) is 40.9 Å². The second-order valence-electron chi connectivity index (χ2n) is 4.92. The molecule has 82 valence electrons. The molecule has 0 aromatic rings. The lowest BCUT2D eigenvalue weighted by atomic mass is 9.63. The van der Waals surface area contributed by atoms with Crippen molar-refractivity contribution in [2.24, 2.45) is 17.3 Å². The number of hydrogen-bond donors (Lipinski definition) is 0. The molecule has 0 N–H and O–H groups in total. The van der Waals surface area contributed by atoms with Gasteiger partial charge in [0.2, 0.25) is 0 Å². The molecule has 0 aromatic carbocycles. The van der Waals surface area contributed by atoms with Gasteiger partial charge in [0.25, 0.3) is 0 Å². The third-order valence-corrected chi connectivity index (χ3v) is 4.60. The Kier molecular flexibility index (Phi) is 3.16. The molecule has 3 heteroatoms. The Morgan fingerprint density at radius 2 is 2.20 bits per heavy atom. The Bertz CT molecular complexity index is 301. The number of fused-ring (bicyclic) bond motifs is 1. The van der Waals surface area contributed by atoms with Crippen LogP contribution in [0.3, 0.4) is 0 Å². The van der Waals surface area contributed by atoms with Crippen molar-refractivity contribution in [2.45, 2.75) is 38.5 Å². The second kappa shape index (κ2) is 4.25. The smallest absolute Gasteiger partial charge is 0.140 e. The fourth-order valence-electron chi connectivity index (χ4n) is 3.21. The molecule has 0 saturated heterocycles. The molecule has 0 amide bonds. The first kappa shape index (κ1) is 11.1. The van der Waals surface area contributed by atoms with E-state index in [4.69, 9.17) is 5.26 Å². The van der Waals surface area contributed by atoms with Gasteiger partial charge in [-0.1, -0.05) is 15.9 Å². The largest absolute Gasteiger partial charge is 0.299 e. The van der Waals surface area contributed by atoms with Gasteiger partial charge in [-0.25, -0.2) is 0 Å². The van der Waals surface area contributed by atoms with Gasteiger partial charge >= 0.3 is 0 Å². The van der Waals surface area contributed by atoms with Gasteiger partial charge in [0.15, 0.2) is 0 Å². The number of rotatable bonds is 5. The molecule has 3 rings (SSSR count). The van der Waals surface area contributed by atoms with Crippen LogP contribution >= 0.6 is 15.9 Å². The van der Waals surface area contributed by atoms with Crippen molar-refractivity contribution < 1.29 is 4.79 Å². The molecule has 3 aliphatic rings. The Balaban J connectivity index is 1.93. The number of ketones is 1. The minimum absolute atomic E-state index is 0.0268. The molecule has 0 aromatic heterocycles. The highest BCUT2D eigenvalue weighted by molar-refractivity contribution is 9.09. The van der Waals surface area contributed by atoms with E-state index in [0.717, 1.165) is 37.4 Å². The molecule has 0 heterocycles. The molecular weight excluding hydrogens is 254 g/mol. The van der Waals surface area contributed by atoms with E-state index in [1.54, 1.807) is 0 Å². The lowest BCUT2D eigenvalue weighted by Gasteiger charge is -2.38. The van der Waals surface area contributed by atoms with Crippen LogP contribution in [0.15, 0.2) is 0 Å². The normalized spacial score (nSPS) is 37.1. The minimum Gasteiger partial charge on any atom is -0.299 e. The number of nitriles is 1. The molecule has 1 atom stereocenters. The molecule has 3 aliphatic carbocycles. The zero-order valence-electron chi connectivity index (χ0n) is 8.84. The van der Waals surface area contributed by atoms with Gasteiger partial charge in [0.05, 0.1) is 12.0 Å². The summed E-state index contributed by atoms with van der Waals surface area (Å²) in [5, 5.41) is 10.0. The predicted octanol–water partition coefficient (Wildman–Crippen LogP) is 3.06. The Hall–Kier alpha value is -0.360. The quantitative estimate of drug-likeness (QED) is 0.569. The summed E-state index contributed by atoms with van der Waals surface area (Å²) in [7, 11) is 0. The maximum absolute atomic E-state index is 12.1. The van der Waals surface area contributed by atoms with E-state index in [1.807, 2.05) is 0 Å². The van der Waals surface area contributed by atoms with Crippen molar-refractivity contribution in [2.75, 3.05) is 5.33 Å². The fourth-order valence-corrected chi connectivity index (χ4v) is 3.60. The zero-order chi connectivity index (χ0) is 10.9. The maximum atomic E-state index is 12.1. The monoisotopic (exact) mass is 269 g/mol. The third kappa shape index (κ3) is 1.73. The highest BCUT2D eigenvalue weighted by Gasteiger charge is 2.61. The average Bonchev–Trinajstić information content (AvgIpc) is 2.71. The molecule has 2 nitrogen and oxygen atoms in total. The highest BCUT2D eigenvalue weighted by Crippen LogP contribution is 2.62. The average molecular weight is 270 g/mol. The highest BCUT2D eigenvalue weighted by atomic mass is 79.9. The van der Waals surface area contributed by atoms with E-state index < -0.39 is 0 Å². The van der Waals surface area contributed by atoms with Crippen molar-refractivity contribution in [1.82, 2.24) is 0 Å². The van der Waals surface area contributed by atoms with Crippen LogP contribution in [-0.4, -0.2) is 11.1 Å². The second-order valence-corrected chi connectivity index (χ2v) is 5.71. The van der Waals surface area contributed by atoms with Crippen molar-refractivity contribution in [3.63, 3.8) is 0 Å². The van der Waals surface area contributed by atoms with E-state index in [0.29, 0.717) is 18.1 Å². The van der Waals surface area contributed by atoms with Crippen LogP contribution in [0.4, 0.5) is 0 Å². The van der Waals surface area contributed by atoms with Gasteiger partial charge in [-0.3, -0.25) is 4.79 Å². The van der Waals surface area contributed by atoms with Crippen LogP contribution in [0.5, 0.6) is 0 Å². The predicted molar refractivity (Wildman–Crippen MR) is 61.5 cm³/mol. The van der Waals surface area contributed by atoms with Crippen LogP contribution in [0.1, 0.15) is 38.5 Å². The molecule has 2 bridgehead atoms. The van der Waals surface area contributed by atoms with Crippen LogP contribution in [-0.2, 0) is 4.79 Å². The van der Waals surface area contributed by atoms with Gasteiger partial charge < -0.3 is 0 Å². The van der Waals surface area contributed by atoms with Crippen molar-refractivity contribution in [3.8, 4) is 6.07 Å². The first-order valence-electron chi connectivity index (χ1n) is 5.72. The molecule has 1 unspecified atom stereocenters. The Labute approximate surface area is 99.2 Å². The minimum atomic E-state index is -0.203. The number of halogens is 1. The summed E-state index contributed by atoms with van der Waals surface area (Å²) in [6.07, 6.45) is 5.67. The summed E-state index contributed by atoms with van der Waals surface area (Å²) in [4.78, 5) is 12.1. The van der Waals surface area contributed by atoms with Crippen LogP contribution in [0.25, 0.3) is 0 Å². The maximum Gasteiger partial charge on any atom is 0.140 e. The van der Waals surface area contributed by atoms with E-state index in [-0.39, 0.29) is 11.3 Å². The molecule has 15 heavy (non-hydrogen) atoms. The van der Waals surface area contributed by atoms with Gasteiger partial charge in [-0.2, -0.15) is 5.26 Å². The van der Waals surface area contributed by atoms with E-state index in [1.165, 1.54) is 0 Å². The number of alkyl halides is 1. The summed E-state index contributed by atoms with van der Waals surface area (Å²) < 4.78 is 0. The number of nitrogens with zero attached hydrogens (tertiary/aromatic N) is 1. The fraction of sp³-hybridized carbons (Fsp3) is 0.833. The molecule has 3 saturated carbocycles. The molecule has 0 spiro atoms. The third-order valence-electron chi connectivity index (χ3n) is 4.04. The van der Waals surface area contributed by atoms with E-state index in [2.05, 4.69) is 22.0 Å². The SMILES string of the molecule is N#CC1CC2CC1(C(=O)CCCCBr)C2. The first-order valence-corrected chi connectivity index (χ1v) is 6.84. The van der Waals surface area contributed by atoms with Crippen LogP contribution in [0.2, 0.25) is 0 Å². The van der Waals surface area contributed by atoms with E-state index in [9.17, 15) is 4.79 Å². The number of carbonyl (C=O) groups excluding carboxylic acids is 1. The number of Topliss-reactive ketones (excluding diaryl/α,β-unsaturated/α-hetero) is 1.